The van der Waals surface area contributed by atoms with Gasteiger partial charge in [0.15, 0.2) is 0 Å². The summed E-state index contributed by atoms with van der Waals surface area (Å²) in [5.41, 5.74) is 2.50. The number of amides is 5. The molecule has 10 heteroatoms. The number of aryl methyl sites for hydroxylation is 1. The lowest BCUT2D eigenvalue weighted by atomic mass is 10.0. The van der Waals surface area contributed by atoms with Crippen molar-refractivity contribution in [3.05, 3.63) is 59.0 Å². The van der Waals surface area contributed by atoms with Gasteiger partial charge in [-0.3, -0.25) is 25.0 Å². The van der Waals surface area contributed by atoms with E-state index in [4.69, 9.17) is 0 Å². The summed E-state index contributed by atoms with van der Waals surface area (Å²) < 4.78 is 13.2. The summed E-state index contributed by atoms with van der Waals surface area (Å²) in [7, 11) is 0. The van der Waals surface area contributed by atoms with Crippen molar-refractivity contribution >= 4 is 30.1 Å². The Morgan fingerprint density at radius 1 is 1.32 bits per heavy atom. The molecule has 162 valence electrons. The van der Waals surface area contributed by atoms with E-state index >= 15 is 0 Å². The predicted molar refractivity (Wildman–Crippen MR) is 109 cm³/mol. The second-order valence-corrected chi connectivity index (χ2v) is 7.17. The number of piperidine rings is 1. The van der Waals surface area contributed by atoms with E-state index < -0.39 is 23.8 Å². The van der Waals surface area contributed by atoms with Crippen molar-refractivity contribution in [2.75, 3.05) is 5.32 Å². The number of hydrogen-bond donors (Lipinski definition) is 3. The molecule has 0 spiro atoms. The fraction of sp³-hybridized carbons (Fsp3) is 0.286. The predicted octanol–water partition coefficient (Wildman–Crippen LogP) is 1.61. The molecule has 0 saturated carbocycles. The van der Waals surface area contributed by atoms with Crippen LogP contribution in [0, 0.1) is 12.7 Å². The van der Waals surface area contributed by atoms with E-state index in [0.717, 1.165) is 22.8 Å². The zero-order chi connectivity index (χ0) is 22.4. The normalized spacial score (nSPS) is 15.7. The molecule has 2 heterocycles. The number of benzene rings is 1. The summed E-state index contributed by atoms with van der Waals surface area (Å²) in [6, 6.07) is 6.54. The van der Waals surface area contributed by atoms with Crippen LogP contribution in [0.1, 0.15) is 29.5 Å². The van der Waals surface area contributed by atoms with Crippen LogP contribution in [0.4, 0.5) is 15.0 Å². The van der Waals surface area contributed by atoms with Crippen molar-refractivity contribution in [3.8, 4) is 0 Å². The quantitative estimate of drug-likeness (QED) is 0.458. The molecule has 1 aliphatic rings. The summed E-state index contributed by atoms with van der Waals surface area (Å²) >= 11 is 0. The molecule has 3 N–H and O–H groups in total. The molecule has 9 nitrogen and oxygen atoms in total. The molecule has 5 amide bonds. The Hall–Kier alpha value is -3.82. The number of nitrogens with zero attached hydrogens (tertiary/aromatic N) is 2. The first-order valence-electron chi connectivity index (χ1n) is 9.65. The molecule has 0 bridgehead atoms. The van der Waals surface area contributed by atoms with Gasteiger partial charge in [-0.15, -0.1) is 0 Å². The molecule has 1 fully saturated rings. The Labute approximate surface area is 178 Å². The summed E-state index contributed by atoms with van der Waals surface area (Å²) in [6.45, 7) is 2.26. The van der Waals surface area contributed by atoms with Gasteiger partial charge in [0.25, 0.3) is 0 Å². The Morgan fingerprint density at radius 2 is 2.13 bits per heavy atom. The molecule has 1 aromatic carbocycles. The number of carbonyl (C=O) groups is 4. The number of urea groups is 1. The maximum Gasteiger partial charge on any atom is 0.320 e. The lowest BCUT2D eigenvalue weighted by Crippen LogP contribution is -2.51. The third kappa shape index (κ3) is 5.84. The summed E-state index contributed by atoms with van der Waals surface area (Å²) in [5.74, 6) is -1.25. The van der Waals surface area contributed by atoms with Gasteiger partial charge in [0.1, 0.15) is 17.7 Å². The summed E-state index contributed by atoms with van der Waals surface area (Å²) in [6.07, 6.45) is 2.30. The van der Waals surface area contributed by atoms with Crippen LogP contribution in [0.15, 0.2) is 36.5 Å². The standard InChI is InChI=1S/C21H22FN5O4/c1-13-2-3-14(10-24-21(31)25-18-9-16(22)6-7-23-18)8-15(13)11-27(12-28)17-4-5-19(29)26-20(17)30/h2-3,6-9,12,17H,4-5,10-11H2,1H3,(H,26,29,30)(H2,23,24,25,31). The van der Waals surface area contributed by atoms with Gasteiger partial charge in [-0.25, -0.2) is 14.2 Å². The highest BCUT2D eigenvalue weighted by Gasteiger charge is 2.31. The van der Waals surface area contributed by atoms with Crippen LogP contribution in [0.25, 0.3) is 0 Å². The van der Waals surface area contributed by atoms with Gasteiger partial charge in [-0.05, 0) is 36.1 Å². The number of aromatic nitrogens is 1. The van der Waals surface area contributed by atoms with Gasteiger partial charge >= 0.3 is 6.03 Å². The summed E-state index contributed by atoms with van der Waals surface area (Å²) in [5, 5.41) is 7.35. The highest BCUT2D eigenvalue weighted by molar-refractivity contribution is 6.00. The molecular weight excluding hydrogens is 405 g/mol. The second kappa shape index (κ2) is 9.79. The average Bonchev–Trinajstić information content (AvgIpc) is 2.73. The average molecular weight is 427 g/mol. The van der Waals surface area contributed by atoms with E-state index in [1.807, 2.05) is 25.1 Å². The van der Waals surface area contributed by atoms with Crippen LogP contribution in [-0.2, 0) is 27.5 Å². The van der Waals surface area contributed by atoms with Crippen LogP contribution in [0.3, 0.4) is 0 Å². The van der Waals surface area contributed by atoms with E-state index in [-0.39, 0.29) is 37.7 Å². The Morgan fingerprint density at radius 3 is 2.84 bits per heavy atom. The largest absolute Gasteiger partial charge is 0.334 e. The molecular formula is C21H22FN5O4. The van der Waals surface area contributed by atoms with Crippen molar-refractivity contribution in [2.24, 2.45) is 0 Å². The van der Waals surface area contributed by atoms with Crippen molar-refractivity contribution in [1.29, 1.82) is 0 Å². The van der Waals surface area contributed by atoms with Gasteiger partial charge in [0.05, 0.1) is 0 Å². The number of nitrogens with one attached hydrogen (secondary N) is 3. The molecule has 2 aromatic rings. The van der Waals surface area contributed by atoms with Crippen molar-refractivity contribution < 1.29 is 23.6 Å². The van der Waals surface area contributed by atoms with Crippen LogP contribution >= 0.6 is 0 Å². The van der Waals surface area contributed by atoms with E-state index in [0.29, 0.717) is 6.41 Å². The SMILES string of the molecule is Cc1ccc(CNC(=O)Nc2cc(F)ccn2)cc1CN(C=O)C1CCC(=O)NC1=O. The van der Waals surface area contributed by atoms with Crippen LogP contribution in [0.2, 0.25) is 0 Å². The number of imide groups is 1. The monoisotopic (exact) mass is 427 g/mol. The zero-order valence-electron chi connectivity index (χ0n) is 16.9. The van der Waals surface area contributed by atoms with E-state index in [1.165, 1.54) is 17.2 Å². The summed E-state index contributed by atoms with van der Waals surface area (Å²) in [4.78, 5) is 52.3. The number of hydrogen-bond acceptors (Lipinski definition) is 5. The molecule has 1 unspecified atom stereocenters. The lowest BCUT2D eigenvalue weighted by Gasteiger charge is -2.30. The topological polar surface area (TPSA) is 120 Å². The van der Waals surface area contributed by atoms with E-state index in [2.05, 4.69) is 20.9 Å². The van der Waals surface area contributed by atoms with Gasteiger partial charge in [0, 0.05) is 31.8 Å². The first kappa shape index (κ1) is 21.9. The minimum atomic E-state index is -0.707. The second-order valence-electron chi connectivity index (χ2n) is 7.17. The van der Waals surface area contributed by atoms with Gasteiger partial charge in [0.2, 0.25) is 18.2 Å². The molecule has 1 aliphatic heterocycles. The smallest absolute Gasteiger partial charge is 0.320 e. The number of halogens is 1. The fourth-order valence-electron chi connectivity index (χ4n) is 3.24. The van der Waals surface area contributed by atoms with E-state index in [9.17, 15) is 23.6 Å². The number of pyridine rings is 1. The third-order valence-corrected chi connectivity index (χ3v) is 4.93. The minimum Gasteiger partial charge on any atom is -0.334 e. The third-order valence-electron chi connectivity index (χ3n) is 4.93. The Balaban J connectivity index is 1.62. The van der Waals surface area contributed by atoms with Crippen LogP contribution < -0.4 is 16.0 Å². The minimum absolute atomic E-state index is 0.0907. The first-order chi connectivity index (χ1) is 14.9. The Kier molecular flexibility index (Phi) is 6.91. The highest BCUT2D eigenvalue weighted by Crippen LogP contribution is 2.18. The molecule has 1 aromatic heterocycles. The number of anilines is 1. The number of carbonyl (C=O) groups excluding carboxylic acids is 4. The highest BCUT2D eigenvalue weighted by atomic mass is 19.1. The van der Waals surface area contributed by atoms with Crippen LogP contribution in [-0.4, -0.2) is 40.2 Å². The van der Waals surface area contributed by atoms with Crippen molar-refractivity contribution in [2.45, 2.75) is 38.9 Å². The van der Waals surface area contributed by atoms with Crippen molar-refractivity contribution in [3.63, 3.8) is 0 Å². The van der Waals surface area contributed by atoms with Crippen molar-refractivity contribution in [1.82, 2.24) is 20.5 Å². The van der Waals surface area contributed by atoms with Gasteiger partial charge in [-0.1, -0.05) is 18.2 Å². The van der Waals surface area contributed by atoms with E-state index in [1.54, 1.807) is 0 Å². The van der Waals surface area contributed by atoms with Gasteiger partial charge < -0.3 is 10.2 Å². The zero-order valence-corrected chi connectivity index (χ0v) is 16.9. The molecule has 1 atom stereocenters. The molecule has 0 radical (unpaired) electrons. The number of rotatable bonds is 7. The maximum atomic E-state index is 13.2. The van der Waals surface area contributed by atoms with Gasteiger partial charge in [-0.2, -0.15) is 0 Å². The lowest BCUT2D eigenvalue weighted by molar-refractivity contribution is -0.141. The molecule has 0 aliphatic carbocycles. The Bertz CT molecular complexity index is 1010. The molecule has 1 saturated heterocycles. The maximum absolute atomic E-state index is 13.2. The molecule has 31 heavy (non-hydrogen) atoms. The molecule has 3 rings (SSSR count). The fourth-order valence-corrected chi connectivity index (χ4v) is 3.24. The van der Waals surface area contributed by atoms with Crippen LogP contribution in [0.5, 0.6) is 0 Å². The first-order valence-corrected chi connectivity index (χ1v) is 9.65.